The van der Waals surface area contributed by atoms with Crippen LogP contribution in [0.5, 0.6) is 0 Å². The fraction of sp³-hybridized carbons (Fsp3) is 0.300. The molecule has 0 aliphatic rings. The van der Waals surface area contributed by atoms with Crippen LogP contribution in [-0.2, 0) is 15.8 Å². The molecule has 0 radical (unpaired) electrons. The van der Waals surface area contributed by atoms with Gasteiger partial charge in [0.15, 0.2) is 0 Å². The second-order valence-corrected chi connectivity index (χ2v) is 5.53. The molecule has 5 heteroatoms. The Bertz CT molecular complexity index is 469. The van der Waals surface area contributed by atoms with Crippen LogP contribution >= 0.6 is 0 Å². The van der Waals surface area contributed by atoms with E-state index in [2.05, 4.69) is 0 Å². The Labute approximate surface area is 89.8 Å². The summed E-state index contributed by atoms with van der Waals surface area (Å²) < 4.78 is 24.2. The van der Waals surface area contributed by atoms with E-state index in [-0.39, 0.29) is 5.75 Å². The van der Waals surface area contributed by atoms with Crippen LogP contribution < -0.4 is 0 Å². The number of rotatable bonds is 3. The minimum Gasteiger partial charge on any atom is -0.212 e. The number of hydrogen-bond donors (Lipinski definition) is 0. The van der Waals surface area contributed by atoms with Gasteiger partial charge in [-0.05, 0) is 17.7 Å². The molecule has 0 aliphatic heterocycles. The maximum atomic E-state index is 11.5. The molecular weight excluding hydrogens is 212 g/mol. The van der Waals surface area contributed by atoms with Crippen LogP contribution in [0.15, 0.2) is 24.3 Å². The summed E-state index contributed by atoms with van der Waals surface area (Å²) in [5, 5.41) is 8.57. The van der Waals surface area contributed by atoms with Gasteiger partial charge < -0.3 is 0 Å². The van der Waals surface area contributed by atoms with Crippen molar-refractivity contribution in [2.24, 2.45) is 0 Å². The molecule has 0 amide bonds. The van der Waals surface area contributed by atoms with E-state index in [0.717, 1.165) is 0 Å². The van der Waals surface area contributed by atoms with Crippen molar-refractivity contribution in [3.05, 3.63) is 35.4 Å². The van der Waals surface area contributed by atoms with E-state index >= 15 is 0 Å². The molecule has 0 unspecified atom stereocenters. The van der Waals surface area contributed by atoms with Crippen LogP contribution in [0.25, 0.3) is 0 Å². The van der Waals surface area contributed by atoms with Crippen molar-refractivity contribution in [2.45, 2.75) is 5.75 Å². The van der Waals surface area contributed by atoms with Gasteiger partial charge in [-0.1, -0.05) is 12.1 Å². The standard InChI is InChI=1S/C10H12N2O2S/c1-12(2)15(13,14)8-10-5-3-9(7-11)4-6-10/h3-6H,8H2,1-2H3. The molecule has 0 aromatic heterocycles. The number of sulfonamides is 1. The first-order valence-corrected chi connectivity index (χ1v) is 5.96. The average Bonchev–Trinajstić information content (AvgIpc) is 2.18. The van der Waals surface area contributed by atoms with Crippen LogP contribution in [0.1, 0.15) is 11.1 Å². The highest BCUT2D eigenvalue weighted by Gasteiger charge is 2.13. The van der Waals surface area contributed by atoms with Crippen molar-refractivity contribution in [3.8, 4) is 6.07 Å². The number of benzene rings is 1. The summed E-state index contributed by atoms with van der Waals surface area (Å²) in [7, 11) is -0.222. The molecule has 0 bridgehead atoms. The second-order valence-electron chi connectivity index (χ2n) is 3.35. The van der Waals surface area contributed by atoms with Gasteiger partial charge in [-0.15, -0.1) is 0 Å². The third-order valence-corrected chi connectivity index (χ3v) is 3.80. The highest BCUT2D eigenvalue weighted by molar-refractivity contribution is 7.88. The molecule has 1 aromatic carbocycles. The molecule has 0 saturated carbocycles. The van der Waals surface area contributed by atoms with E-state index in [4.69, 9.17) is 5.26 Å². The Kier molecular flexibility index (Phi) is 3.45. The van der Waals surface area contributed by atoms with Gasteiger partial charge in [-0.3, -0.25) is 0 Å². The van der Waals surface area contributed by atoms with E-state index in [9.17, 15) is 8.42 Å². The van der Waals surface area contributed by atoms with Crippen molar-refractivity contribution in [1.29, 1.82) is 5.26 Å². The Hall–Kier alpha value is -1.38. The maximum Gasteiger partial charge on any atom is 0.217 e. The minimum atomic E-state index is -3.22. The number of nitriles is 1. The zero-order chi connectivity index (χ0) is 11.5. The van der Waals surface area contributed by atoms with Crippen molar-refractivity contribution < 1.29 is 8.42 Å². The largest absolute Gasteiger partial charge is 0.217 e. The molecule has 0 heterocycles. The number of nitrogens with zero attached hydrogens (tertiary/aromatic N) is 2. The van der Waals surface area contributed by atoms with Crippen LogP contribution in [0.4, 0.5) is 0 Å². The summed E-state index contributed by atoms with van der Waals surface area (Å²) in [4.78, 5) is 0. The lowest BCUT2D eigenvalue weighted by molar-refractivity contribution is 0.520. The Balaban J connectivity index is 2.88. The van der Waals surface area contributed by atoms with Crippen molar-refractivity contribution >= 4 is 10.0 Å². The molecule has 4 nitrogen and oxygen atoms in total. The predicted molar refractivity (Wildman–Crippen MR) is 57.5 cm³/mol. The molecule has 0 fully saturated rings. The molecule has 0 saturated heterocycles. The van der Waals surface area contributed by atoms with Crippen LogP contribution in [-0.4, -0.2) is 26.8 Å². The maximum absolute atomic E-state index is 11.5. The lowest BCUT2D eigenvalue weighted by atomic mass is 10.2. The van der Waals surface area contributed by atoms with E-state index in [1.165, 1.54) is 18.4 Å². The molecule has 15 heavy (non-hydrogen) atoms. The van der Waals surface area contributed by atoms with Gasteiger partial charge in [0.2, 0.25) is 10.0 Å². The zero-order valence-corrected chi connectivity index (χ0v) is 9.45. The van der Waals surface area contributed by atoms with Gasteiger partial charge in [0, 0.05) is 14.1 Å². The van der Waals surface area contributed by atoms with Gasteiger partial charge >= 0.3 is 0 Å². The zero-order valence-electron chi connectivity index (χ0n) is 8.64. The third-order valence-electron chi connectivity index (χ3n) is 1.99. The fourth-order valence-corrected chi connectivity index (χ4v) is 1.89. The monoisotopic (exact) mass is 224 g/mol. The average molecular weight is 224 g/mol. The van der Waals surface area contributed by atoms with E-state index in [1.807, 2.05) is 6.07 Å². The first-order chi connectivity index (χ1) is 6.95. The topological polar surface area (TPSA) is 61.2 Å². The molecule has 0 atom stereocenters. The SMILES string of the molecule is CN(C)S(=O)(=O)Cc1ccc(C#N)cc1. The molecule has 0 aliphatic carbocycles. The summed E-state index contributed by atoms with van der Waals surface area (Å²) in [5.74, 6) is -0.0360. The summed E-state index contributed by atoms with van der Waals surface area (Å²) in [6, 6.07) is 8.51. The first kappa shape index (κ1) is 11.7. The van der Waals surface area contributed by atoms with Crippen molar-refractivity contribution in [2.75, 3.05) is 14.1 Å². The van der Waals surface area contributed by atoms with Gasteiger partial charge in [0.05, 0.1) is 17.4 Å². The molecule has 0 N–H and O–H groups in total. The number of hydrogen-bond acceptors (Lipinski definition) is 3. The van der Waals surface area contributed by atoms with E-state index in [1.54, 1.807) is 24.3 Å². The third kappa shape index (κ3) is 3.05. The molecule has 80 valence electrons. The second kappa shape index (κ2) is 4.43. The Morgan fingerprint density at radius 2 is 1.80 bits per heavy atom. The summed E-state index contributed by atoms with van der Waals surface area (Å²) in [6.45, 7) is 0. The fourth-order valence-electron chi connectivity index (χ4n) is 1.02. The predicted octanol–water partition coefficient (Wildman–Crippen LogP) is 0.950. The lowest BCUT2D eigenvalue weighted by Crippen LogP contribution is -2.23. The van der Waals surface area contributed by atoms with Crippen LogP contribution in [0, 0.1) is 11.3 Å². The van der Waals surface area contributed by atoms with Gasteiger partial charge in [-0.2, -0.15) is 5.26 Å². The minimum absolute atomic E-state index is 0.0360. The van der Waals surface area contributed by atoms with Gasteiger partial charge in [0.25, 0.3) is 0 Å². The molecule has 1 aromatic rings. The smallest absolute Gasteiger partial charge is 0.212 e. The highest BCUT2D eigenvalue weighted by atomic mass is 32.2. The van der Waals surface area contributed by atoms with Crippen molar-refractivity contribution in [3.63, 3.8) is 0 Å². The summed E-state index contributed by atoms with van der Waals surface area (Å²) >= 11 is 0. The van der Waals surface area contributed by atoms with Crippen LogP contribution in [0.3, 0.4) is 0 Å². The molecule has 0 spiro atoms. The summed E-state index contributed by atoms with van der Waals surface area (Å²) in [6.07, 6.45) is 0. The highest BCUT2D eigenvalue weighted by Crippen LogP contribution is 2.09. The van der Waals surface area contributed by atoms with E-state index < -0.39 is 10.0 Å². The van der Waals surface area contributed by atoms with Crippen LogP contribution in [0.2, 0.25) is 0 Å². The quantitative estimate of drug-likeness (QED) is 0.768. The van der Waals surface area contributed by atoms with Gasteiger partial charge in [-0.25, -0.2) is 12.7 Å². The lowest BCUT2D eigenvalue weighted by Gasteiger charge is -2.10. The van der Waals surface area contributed by atoms with Crippen molar-refractivity contribution in [1.82, 2.24) is 4.31 Å². The van der Waals surface area contributed by atoms with E-state index in [0.29, 0.717) is 11.1 Å². The summed E-state index contributed by atoms with van der Waals surface area (Å²) in [5.41, 5.74) is 1.21. The normalized spacial score (nSPS) is 11.3. The van der Waals surface area contributed by atoms with Gasteiger partial charge in [0.1, 0.15) is 0 Å². The molecule has 1 rings (SSSR count). The molecular formula is C10H12N2O2S. The first-order valence-electron chi connectivity index (χ1n) is 4.35. The Morgan fingerprint density at radius 3 is 2.20 bits per heavy atom. The Morgan fingerprint density at radius 1 is 1.27 bits per heavy atom.